The second-order valence-electron chi connectivity index (χ2n) is 5.02. The molecule has 2 atom stereocenters. The maximum absolute atomic E-state index is 9.22. The van der Waals surface area contributed by atoms with E-state index in [4.69, 9.17) is 9.47 Å². The summed E-state index contributed by atoms with van der Waals surface area (Å²) in [4.78, 5) is 2.32. The molecule has 2 rings (SSSR count). The minimum absolute atomic E-state index is 0.0635. The number of aliphatic hydroxyl groups excluding tert-OH is 1. The Morgan fingerprint density at radius 2 is 2.05 bits per heavy atom. The van der Waals surface area contributed by atoms with Gasteiger partial charge < -0.3 is 14.6 Å². The largest absolute Gasteiger partial charge is 0.494 e. The number of hydrogen-bond acceptors (Lipinski definition) is 4. The van der Waals surface area contributed by atoms with Crippen molar-refractivity contribution in [1.82, 2.24) is 4.90 Å². The van der Waals surface area contributed by atoms with Crippen LogP contribution in [0.2, 0.25) is 0 Å². The second kappa shape index (κ2) is 6.89. The molecule has 2 unspecified atom stereocenters. The topological polar surface area (TPSA) is 41.9 Å². The van der Waals surface area contributed by atoms with Crippen molar-refractivity contribution in [3.05, 3.63) is 29.8 Å². The van der Waals surface area contributed by atoms with Crippen LogP contribution in [-0.2, 0) is 11.3 Å². The molecule has 0 bridgehead atoms. The van der Waals surface area contributed by atoms with Crippen molar-refractivity contribution in [3.8, 4) is 5.75 Å². The number of hydrogen-bond donors (Lipinski definition) is 1. The molecule has 0 radical (unpaired) electrons. The predicted octanol–water partition coefficient (Wildman–Crippen LogP) is 1.67. The lowest BCUT2D eigenvalue weighted by Gasteiger charge is -2.36. The molecule has 4 nitrogen and oxygen atoms in total. The maximum Gasteiger partial charge on any atom is 0.119 e. The molecule has 1 aliphatic rings. The molecule has 106 valence electrons. The minimum atomic E-state index is -0.0635. The number of nitrogens with zero attached hydrogens (tertiary/aromatic N) is 1. The molecule has 1 fully saturated rings. The number of aliphatic hydroxyl groups is 1. The molecule has 0 aromatic heterocycles. The molecule has 0 saturated carbocycles. The molecule has 1 aromatic carbocycles. The van der Waals surface area contributed by atoms with E-state index in [-0.39, 0.29) is 18.8 Å². The van der Waals surface area contributed by atoms with Crippen molar-refractivity contribution in [1.29, 1.82) is 0 Å². The van der Waals surface area contributed by atoms with Gasteiger partial charge in [-0.15, -0.1) is 0 Å². The third kappa shape index (κ3) is 4.20. The first kappa shape index (κ1) is 14.3. The summed E-state index contributed by atoms with van der Waals surface area (Å²) < 4.78 is 11.1. The third-order valence-corrected chi connectivity index (χ3v) is 3.25. The molecule has 0 aliphatic carbocycles. The standard InChI is InChI=1S/C15H23NO3/c1-3-18-14-6-4-13(5-7-14)9-16-8-12(2)19-15(10-16)11-17/h4-7,12,15,17H,3,8-11H2,1-2H3. The summed E-state index contributed by atoms with van der Waals surface area (Å²) in [5.74, 6) is 0.912. The molecular formula is C15H23NO3. The predicted molar refractivity (Wildman–Crippen MR) is 74.3 cm³/mol. The van der Waals surface area contributed by atoms with Gasteiger partial charge in [0, 0.05) is 19.6 Å². The summed E-state index contributed by atoms with van der Waals surface area (Å²) in [7, 11) is 0. The van der Waals surface area contributed by atoms with Gasteiger partial charge in [-0.1, -0.05) is 12.1 Å². The Morgan fingerprint density at radius 3 is 2.68 bits per heavy atom. The highest BCUT2D eigenvalue weighted by Gasteiger charge is 2.24. The second-order valence-corrected chi connectivity index (χ2v) is 5.02. The van der Waals surface area contributed by atoms with Crippen LogP contribution in [0.1, 0.15) is 19.4 Å². The van der Waals surface area contributed by atoms with E-state index in [0.717, 1.165) is 25.4 Å². The molecule has 0 amide bonds. The number of rotatable bonds is 5. The first-order valence-electron chi connectivity index (χ1n) is 6.91. The normalized spacial score (nSPS) is 24.4. The van der Waals surface area contributed by atoms with Crippen molar-refractivity contribution >= 4 is 0 Å². The fourth-order valence-corrected chi connectivity index (χ4v) is 2.49. The van der Waals surface area contributed by atoms with Gasteiger partial charge >= 0.3 is 0 Å². The van der Waals surface area contributed by atoms with E-state index in [0.29, 0.717) is 6.61 Å². The lowest BCUT2D eigenvalue weighted by molar-refractivity contribution is -0.0972. The fourth-order valence-electron chi connectivity index (χ4n) is 2.49. The van der Waals surface area contributed by atoms with Crippen molar-refractivity contribution < 1.29 is 14.6 Å². The summed E-state index contributed by atoms with van der Waals surface area (Å²) in [6.07, 6.45) is 0.111. The zero-order valence-electron chi connectivity index (χ0n) is 11.7. The van der Waals surface area contributed by atoms with Crippen molar-refractivity contribution in [3.63, 3.8) is 0 Å². The van der Waals surface area contributed by atoms with Crippen LogP contribution >= 0.6 is 0 Å². The van der Waals surface area contributed by atoms with Crippen molar-refractivity contribution in [2.24, 2.45) is 0 Å². The van der Waals surface area contributed by atoms with Crippen LogP contribution in [0.3, 0.4) is 0 Å². The fraction of sp³-hybridized carbons (Fsp3) is 0.600. The van der Waals surface area contributed by atoms with Gasteiger partial charge in [0.1, 0.15) is 5.75 Å². The minimum Gasteiger partial charge on any atom is -0.494 e. The van der Waals surface area contributed by atoms with Gasteiger partial charge in [-0.3, -0.25) is 4.90 Å². The van der Waals surface area contributed by atoms with E-state index < -0.39 is 0 Å². The van der Waals surface area contributed by atoms with E-state index in [2.05, 4.69) is 17.0 Å². The van der Waals surface area contributed by atoms with Gasteiger partial charge in [-0.05, 0) is 31.5 Å². The van der Waals surface area contributed by atoms with Crippen molar-refractivity contribution in [2.45, 2.75) is 32.6 Å². The SMILES string of the molecule is CCOc1ccc(CN2CC(C)OC(CO)C2)cc1. The molecule has 1 aromatic rings. The quantitative estimate of drug-likeness (QED) is 0.879. The average molecular weight is 265 g/mol. The summed E-state index contributed by atoms with van der Waals surface area (Å²) in [6, 6.07) is 8.20. The lowest BCUT2D eigenvalue weighted by Crippen LogP contribution is -2.47. The van der Waals surface area contributed by atoms with Crippen LogP contribution in [0, 0.1) is 0 Å². The lowest BCUT2D eigenvalue weighted by atomic mass is 10.1. The van der Waals surface area contributed by atoms with Crippen LogP contribution < -0.4 is 4.74 Å². The van der Waals surface area contributed by atoms with Gasteiger partial charge in [0.2, 0.25) is 0 Å². The highest BCUT2D eigenvalue weighted by atomic mass is 16.5. The average Bonchev–Trinajstić information content (AvgIpc) is 2.40. The molecule has 1 N–H and O–H groups in total. The maximum atomic E-state index is 9.22. The molecule has 1 heterocycles. The molecular weight excluding hydrogens is 242 g/mol. The van der Waals surface area contributed by atoms with Crippen LogP contribution in [0.5, 0.6) is 5.75 Å². The van der Waals surface area contributed by atoms with Crippen LogP contribution in [0.15, 0.2) is 24.3 Å². The van der Waals surface area contributed by atoms with E-state index in [1.807, 2.05) is 26.0 Å². The Labute approximate surface area is 114 Å². The molecule has 1 saturated heterocycles. The van der Waals surface area contributed by atoms with Gasteiger partial charge in [-0.2, -0.15) is 0 Å². The first-order valence-corrected chi connectivity index (χ1v) is 6.91. The highest BCUT2D eigenvalue weighted by Crippen LogP contribution is 2.17. The number of ether oxygens (including phenoxy) is 2. The number of morpholine rings is 1. The van der Waals surface area contributed by atoms with Gasteiger partial charge in [0.05, 0.1) is 25.4 Å². The van der Waals surface area contributed by atoms with Crippen LogP contribution in [-0.4, -0.2) is 48.5 Å². The number of benzene rings is 1. The summed E-state index contributed by atoms with van der Waals surface area (Å²) in [5, 5.41) is 9.22. The molecule has 19 heavy (non-hydrogen) atoms. The molecule has 0 spiro atoms. The Balaban J connectivity index is 1.92. The Kier molecular flexibility index (Phi) is 5.19. The first-order chi connectivity index (χ1) is 9.21. The Bertz CT molecular complexity index is 379. The smallest absolute Gasteiger partial charge is 0.119 e. The third-order valence-electron chi connectivity index (χ3n) is 3.25. The van der Waals surface area contributed by atoms with Gasteiger partial charge in [0.25, 0.3) is 0 Å². The van der Waals surface area contributed by atoms with E-state index in [1.54, 1.807) is 0 Å². The van der Waals surface area contributed by atoms with E-state index in [1.165, 1.54) is 5.56 Å². The summed E-state index contributed by atoms with van der Waals surface area (Å²) in [6.45, 7) is 7.39. The molecule has 1 aliphatic heterocycles. The van der Waals surface area contributed by atoms with E-state index in [9.17, 15) is 5.11 Å². The van der Waals surface area contributed by atoms with Gasteiger partial charge in [0.15, 0.2) is 0 Å². The van der Waals surface area contributed by atoms with Crippen molar-refractivity contribution in [2.75, 3.05) is 26.3 Å². The summed E-state index contributed by atoms with van der Waals surface area (Å²) >= 11 is 0. The van der Waals surface area contributed by atoms with E-state index >= 15 is 0 Å². The Morgan fingerprint density at radius 1 is 1.32 bits per heavy atom. The zero-order chi connectivity index (χ0) is 13.7. The van der Waals surface area contributed by atoms with Crippen LogP contribution in [0.25, 0.3) is 0 Å². The zero-order valence-corrected chi connectivity index (χ0v) is 11.7. The summed E-state index contributed by atoms with van der Waals surface area (Å²) in [5.41, 5.74) is 1.26. The highest BCUT2D eigenvalue weighted by molar-refractivity contribution is 5.27. The Hall–Kier alpha value is -1.10. The van der Waals surface area contributed by atoms with Gasteiger partial charge in [-0.25, -0.2) is 0 Å². The van der Waals surface area contributed by atoms with Crippen LogP contribution in [0.4, 0.5) is 0 Å². The monoisotopic (exact) mass is 265 g/mol. The molecule has 4 heteroatoms.